The fraction of sp³-hybridized carbons (Fsp3) is 0.136. The summed E-state index contributed by atoms with van der Waals surface area (Å²) in [6, 6.07) is 15.9. The Morgan fingerprint density at radius 3 is 2.21 bits per heavy atom. The van der Waals surface area contributed by atoms with Gasteiger partial charge in [-0.05, 0) is 43.3 Å². The third-order valence-corrected chi connectivity index (χ3v) is 5.02. The molecule has 0 aliphatic rings. The molecule has 0 fully saturated rings. The largest absolute Gasteiger partial charge is 0.505 e. The Bertz CT molecular complexity index is 1340. The van der Waals surface area contributed by atoms with Gasteiger partial charge in [-0.2, -0.15) is 0 Å². The summed E-state index contributed by atoms with van der Waals surface area (Å²) >= 11 is 0. The second-order valence-corrected chi connectivity index (χ2v) is 6.65. The molecule has 0 amide bonds. The van der Waals surface area contributed by atoms with Crippen molar-refractivity contribution in [3.05, 3.63) is 86.2 Å². The van der Waals surface area contributed by atoms with E-state index in [0.717, 1.165) is 0 Å². The van der Waals surface area contributed by atoms with E-state index in [-0.39, 0.29) is 27.8 Å². The molecule has 1 heterocycles. The molecule has 146 valence electrons. The Labute approximate surface area is 166 Å². The maximum Gasteiger partial charge on any atom is 0.279 e. The first-order valence-electron chi connectivity index (χ1n) is 8.99. The van der Waals surface area contributed by atoms with Crippen LogP contribution in [0.4, 0.5) is 5.69 Å². The summed E-state index contributed by atoms with van der Waals surface area (Å²) < 4.78 is 8.23. The van der Waals surface area contributed by atoms with Gasteiger partial charge in [-0.15, -0.1) is 0 Å². The van der Waals surface area contributed by atoms with Crippen LogP contribution in [0, 0.1) is 6.92 Å². The fourth-order valence-electron chi connectivity index (χ4n) is 3.37. The van der Waals surface area contributed by atoms with Gasteiger partial charge in [0.05, 0.1) is 29.6 Å². The highest BCUT2D eigenvalue weighted by molar-refractivity contribution is 5.75. The number of rotatable bonds is 4. The second-order valence-electron chi connectivity index (χ2n) is 6.65. The number of ether oxygens (including phenoxy) is 1. The number of aromatic nitrogens is 2. The molecule has 0 atom stereocenters. The first-order valence-corrected chi connectivity index (χ1v) is 8.99. The average molecular weight is 389 g/mol. The van der Waals surface area contributed by atoms with Crippen LogP contribution in [0.25, 0.3) is 16.8 Å². The number of benzene rings is 2. The van der Waals surface area contributed by atoms with Crippen molar-refractivity contribution in [2.24, 2.45) is 12.0 Å². The number of hydrogen-bond donors (Lipinski definition) is 1. The Morgan fingerprint density at radius 2 is 1.62 bits per heavy atom. The van der Waals surface area contributed by atoms with Crippen LogP contribution in [0.1, 0.15) is 5.69 Å². The van der Waals surface area contributed by atoms with Gasteiger partial charge < -0.3 is 9.84 Å². The summed E-state index contributed by atoms with van der Waals surface area (Å²) in [5.41, 5.74) is 1.13. The normalized spacial score (nSPS) is 11.9. The van der Waals surface area contributed by atoms with E-state index >= 15 is 0 Å². The summed E-state index contributed by atoms with van der Waals surface area (Å²) in [7, 11) is 3.29. The summed E-state index contributed by atoms with van der Waals surface area (Å²) in [6.07, 6.45) is 0. The summed E-state index contributed by atoms with van der Waals surface area (Å²) in [5, 5.41) is 10.5. The molecule has 0 spiro atoms. The van der Waals surface area contributed by atoms with E-state index in [0.29, 0.717) is 22.8 Å². The molecule has 4 rings (SSSR count). The minimum atomic E-state index is -0.454. The summed E-state index contributed by atoms with van der Waals surface area (Å²) in [4.78, 5) is 30.0. The molecule has 0 bridgehead atoms. The van der Waals surface area contributed by atoms with Crippen LogP contribution in [0.3, 0.4) is 0 Å². The number of nitrogens with zero attached hydrogens (tertiary/aromatic N) is 3. The Hall–Kier alpha value is -3.87. The molecule has 1 aromatic heterocycles. The lowest BCUT2D eigenvalue weighted by Crippen LogP contribution is -2.35. The van der Waals surface area contributed by atoms with Crippen molar-refractivity contribution in [1.82, 2.24) is 9.36 Å². The minimum absolute atomic E-state index is 0.00467. The fourth-order valence-corrected chi connectivity index (χ4v) is 3.37. The SMILES string of the molecule is COc1ccc(N=c2c(O)c(-c3c(C)n(C)n(-c4ccccc4)c3=O)c2=O)cc1. The van der Waals surface area contributed by atoms with Gasteiger partial charge in [-0.3, -0.25) is 14.3 Å². The lowest BCUT2D eigenvalue weighted by molar-refractivity contribution is 0.415. The van der Waals surface area contributed by atoms with Crippen molar-refractivity contribution < 1.29 is 9.84 Å². The van der Waals surface area contributed by atoms with Crippen LogP contribution >= 0.6 is 0 Å². The van der Waals surface area contributed by atoms with Gasteiger partial charge in [0.1, 0.15) is 5.75 Å². The van der Waals surface area contributed by atoms with E-state index in [2.05, 4.69) is 4.99 Å². The van der Waals surface area contributed by atoms with Crippen molar-refractivity contribution in [3.8, 4) is 28.3 Å². The quantitative estimate of drug-likeness (QED) is 0.581. The topological polar surface area (TPSA) is 85.8 Å². The van der Waals surface area contributed by atoms with E-state index in [1.807, 2.05) is 18.2 Å². The Morgan fingerprint density at radius 1 is 0.966 bits per heavy atom. The monoisotopic (exact) mass is 389 g/mol. The van der Waals surface area contributed by atoms with Crippen LogP contribution in [0.2, 0.25) is 0 Å². The van der Waals surface area contributed by atoms with E-state index < -0.39 is 5.43 Å². The minimum Gasteiger partial charge on any atom is -0.505 e. The van der Waals surface area contributed by atoms with E-state index in [4.69, 9.17) is 4.74 Å². The molecule has 0 saturated heterocycles. The molecule has 4 aromatic rings. The van der Waals surface area contributed by atoms with E-state index in [1.54, 1.807) is 62.2 Å². The highest BCUT2D eigenvalue weighted by Gasteiger charge is 2.28. The molecule has 7 nitrogen and oxygen atoms in total. The molecule has 0 radical (unpaired) electrons. The Kier molecular flexibility index (Phi) is 4.43. The maximum absolute atomic E-state index is 13.1. The van der Waals surface area contributed by atoms with Crippen molar-refractivity contribution >= 4 is 5.69 Å². The Balaban J connectivity index is 1.84. The standard InChI is InChI=1S/C22H19N3O4/c1-13-17(22(28)25(24(13)2)15-7-5-4-6-8-15)18-20(26)19(21(18)27)23-14-9-11-16(29-3)12-10-14/h4-12,26H,1-3H3. The van der Waals surface area contributed by atoms with Crippen LogP contribution in [-0.4, -0.2) is 21.6 Å². The van der Waals surface area contributed by atoms with Gasteiger partial charge in [0.25, 0.3) is 5.56 Å². The van der Waals surface area contributed by atoms with Crippen molar-refractivity contribution in [2.45, 2.75) is 6.92 Å². The van der Waals surface area contributed by atoms with Crippen LogP contribution in [-0.2, 0) is 7.05 Å². The third-order valence-electron chi connectivity index (χ3n) is 5.02. The maximum atomic E-state index is 13.1. The molecule has 7 heteroatoms. The lowest BCUT2D eigenvalue weighted by Gasteiger charge is -2.08. The van der Waals surface area contributed by atoms with Crippen molar-refractivity contribution in [2.75, 3.05) is 7.11 Å². The van der Waals surface area contributed by atoms with E-state index in [9.17, 15) is 14.7 Å². The number of para-hydroxylation sites is 1. The molecule has 0 unspecified atom stereocenters. The smallest absolute Gasteiger partial charge is 0.279 e. The van der Waals surface area contributed by atoms with Crippen LogP contribution in [0.15, 0.2) is 69.2 Å². The summed E-state index contributed by atoms with van der Waals surface area (Å²) in [6.45, 7) is 1.74. The molecule has 0 aliphatic carbocycles. The third kappa shape index (κ3) is 2.87. The molecule has 3 aromatic carbocycles. The summed E-state index contributed by atoms with van der Waals surface area (Å²) in [5.74, 6) is 0.396. The average Bonchev–Trinajstić information content (AvgIpc) is 2.96. The predicted octanol–water partition coefficient (Wildman–Crippen LogP) is 2.33. The van der Waals surface area contributed by atoms with Gasteiger partial charge in [0, 0.05) is 12.7 Å². The first kappa shape index (κ1) is 18.5. The van der Waals surface area contributed by atoms with Gasteiger partial charge in [-0.25, -0.2) is 9.67 Å². The number of hydrogen-bond acceptors (Lipinski definition) is 5. The van der Waals surface area contributed by atoms with E-state index in [1.165, 1.54) is 4.68 Å². The van der Waals surface area contributed by atoms with Gasteiger partial charge in [0.2, 0.25) is 5.43 Å². The predicted molar refractivity (Wildman–Crippen MR) is 110 cm³/mol. The van der Waals surface area contributed by atoms with Crippen LogP contribution < -0.4 is 21.1 Å². The van der Waals surface area contributed by atoms with Gasteiger partial charge >= 0.3 is 0 Å². The van der Waals surface area contributed by atoms with Crippen molar-refractivity contribution in [3.63, 3.8) is 0 Å². The van der Waals surface area contributed by atoms with Gasteiger partial charge in [-0.1, -0.05) is 18.2 Å². The van der Waals surface area contributed by atoms with Crippen molar-refractivity contribution in [1.29, 1.82) is 0 Å². The molecule has 1 N–H and O–H groups in total. The zero-order chi connectivity index (χ0) is 20.7. The highest BCUT2D eigenvalue weighted by Crippen LogP contribution is 2.26. The molecule has 0 aliphatic heterocycles. The molecular weight excluding hydrogens is 370 g/mol. The number of methoxy groups -OCH3 is 1. The molecule has 0 saturated carbocycles. The first-order chi connectivity index (χ1) is 13.9. The second kappa shape index (κ2) is 6.94. The molecular formula is C22H19N3O4. The molecule has 29 heavy (non-hydrogen) atoms. The number of aromatic hydroxyl groups is 1. The van der Waals surface area contributed by atoms with Crippen LogP contribution in [0.5, 0.6) is 11.5 Å². The highest BCUT2D eigenvalue weighted by atomic mass is 16.5. The van der Waals surface area contributed by atoms with Gasteiger partial charge in [0.15, 0.2) is 11.1 Å². The zero-order valence-corrected chi connectivity index (χ0v) is 16.2. The lowest BCUT2D eigenvalue weighted by atomic mass is 10.00. The zero-order valence-electron chi connectivity index (χ0n) is 16.2.